The quantitative estimate of drug-likeness (QED) is 0.789. The normalized spacial score (nSPS) is 28.4. The summed E-state index contributed by atoms with van der Waals surface area (Å²) < 4.78 is 18.7. The molecule has 9 heteroatoms. The number of nitrogens with zero attached hydrogens (tertiary/aromatic N) is 3. The van der Waals surface area contributed by atoms with Gasteiger partial charge in [-0.25, -0.2) is 9.18 Å². The molecule has 4 fully saturated rings. The Hall–Kier alpha value is -1.93. The van der Waals surface area contributed by atoms with Gasteiger partial charge in [0, 0.05) is 31.6 Å². The number of halogens is 2. The largest absolute Gasteiger partial charge is 0.366 e. The molecule has 7 nitrogen and oxygen atoms in total. The van der Waals surface area contributed by atoms with Crippen molar-refractivity contribution in [2.45, 2.75) is 37.8 Å². The molecule has 1 spiro atoms. The van der Waals surface area contributed by atoms with Gasteiger partial charge in [-0.3, -0.25) is 9.78 Å². The smallest absolute Gasteiger partial charge is 0.320 e. The molecule has 29 heavy (non-hydrogen) atoms. The standard InChI is InChI=1S/C20H24ClFN4O3/c21-14-4-13(22)7-23-15(14)3-12-5-20(6-12)10-26(11-20)19(28)25-2-1-17-16(8-25)24-18(27)9-29-17/h4,7,12,16-17H,1-3,5-6,8-11H2,(H,24,27)/t16-,17+/m1/s1. The third kappa shape index (κ3) is 3.57. The first-order valence-electron chi connectivity index (χ1n) is 10.2. The third-order valence-electron chi connectivity index (χ3n) is 6.73. The average Bonchev–Trinajstić information content (AvgIpc) is 2.63. The summed E-state index contributed by atoms with van der Waals surface area (Å²) in [5.74, 6) is -0.0480. The van der Waals surface area contributed by atoms with E-state index in [0.717, 1.165) is 44.5 Å². The molecule has 1 aromatic heterocycles. The Kier molecular flexibility index (Phi) is 4.66. The molecule has 3 aliphatic heterocycles. The van der Waals surface area contributed by atoms with Crippen molar-refractivity contribution in [1.82, 2.24) is 20.1 Å². The van der Waals surface area contributed by atoms with Gasteiger partial charge in [0.05, 0.1) is 29.1 Å². The molecule has 1 aromatic rings. The van der Waals surface area contributed by atoms with E-state index in [0.29, 0.717) is 24.0 Å². The second-order valence-corrected chi connectivity index (χ2v) is 9.36. The summed E-state index contributed by atoms with van der Waals surface area (Å²) in [6.07, 6.45) is 4.82. The van der Waals surface area contributed by atoms with Crippen molar-refractivity contribution in [3.05, 3.63) is 28.8 Å². The Morgan fingerprint density at radius 1 is 1.38 bits per heavy atom. The van der Waals surface area contributed by atoms with Crippen LogP contribution in [-0.4, -0.2) is 71.7 Å². The molecule has 3 saturated heterocycles. The predicted molar refractivity (Wildman–Crippen MR) is 103 cm³/mol. The molecule has 156 valence electrons. The molecule has 1 aliphatic carbocycles. The number of pyridine rings is 1. The Bertz CT molecular complexity index is 839. The highest BCUT2D eigenvalue weighted by Crippen LogP contribution is 2.53. The monoisotopic (exact) mass is 422 g/mol. The van der Waals surface area contributed by atoms with E-state index in [2.05, 4.69) is 10.3 Å². The van der Waals surface area contributed by atoms with Gasteiger partial charge in [-0.15, -0.1) is 0 Å². The van der Waals surface area contributed by atoms with Crippen LogP contribution in [0, 0.1) is 17.2 Å². The SMILES string of the molecule is O=C1CO[C@H]2CCN(C(=O)N3CC4(CC(Cc5ncc(F)cc5Cl)C4)C3)C[C@H]2N1. The molecule has 5 rings (SSSR count). The minimum atomic E-state index is -0.416. The number of fused-ring (bicyclic) bond motifs is 1. The number of hydrogen-bond donors (Lipinski definition) is 1. The second kappa shape index (κ2) is 7.09. The van der Waals surface area contributed by atoms with Crippen LogP contribution >= 0.6 is 11.6 Å². The van der Waals surface area contributed by atoms with Crippen LogP contribution in [0.1, 0.15) is 25.0 Å². The number of amides is 3. The van der Waals surface area contributed by atoms with Gasteiger partial charge in [0.15, 0.2) is 0 Å². The average molecular weight is 423 g/mol. The topological polar surface area (TPSA) is 74.8 Å². The van der Waals surface area contributed by atoms with E-state index in [1.165, 1.54) is 12.3 Å². The first kappa shape index (κ1) is 19.1. The number of piperidine rings is 1. The molecule has 0 unspecified atom stereocenters. The molecule has 0 bridgehead atoms. The van der Waals surface area contributed by atoms with Crippen LogP contribution in [0.3, 0.4) is 0 Å². The molecule has 2 atom stereocenters. The van der Waals surface area contributed by atoms with Crippen LogP contribution in [0.15, 0.2) is 12.3 Å². The highest BCUT2D eigenvalue weighted by atomic mass is 35.5. The van der Waals surface area contributed by atoms with Crippen LogP contribution in [0.5, 0.6) is 0 Å². The molecule has 4 aliphatic rings. The lowest BCUT2D eigenvalue weighted by Gasteiger charge is -2.60. The Morgan fingerprint density at radius 2 is 2.17 bits per heavy atom. The number of aromatic nitrogens is 1. The van der Waals surface area contributed by atoms with Gasteiger partial charge in [-0.05, 0) is 37.7 Å². The summed E-state index contributed by atoms with van der Waals surface area (Å²) >= 11 is 6.09. The summed E-state index contributed by atoms with van der Waals surface area (Å²) in [6, 6.07) is 1.26. The summed E-state index contributed by atoms with van der Waals surface area (Å²) in [7, 11) is 0. The van der Waals surface area contributed by atoms with E-state index in [1.807, 2.05) is 9.80 Å². The van der Waals surface area contributed by atoms with Crippen molar-refractivity contribution in [2.75, 3.05) is 32.8 Å². The zero-order chi connectivity index (χ0) is 20.2. The van der Waals surface area contributed by atoms with Gasteiger partial charge in [-0.1, -0.05) is 11.6 Å². The number of morpholine rings is 1. The van der Waals surface area contributed by atoms with Crippen LogP contribution in [0.25, 0.3) is 0 Å². The fourth-order valence-corrected chi connectivity index (χ4v) is 5.64. The summed E-state index contributed by atoms with van der Waals surface area (Å²) in [5.41, 5.74) is 0.965. The fraction of sp³-hybridized carbons (Fsp3) is 0.650. The summed E-state index contributed by atoms with van der Waals surface area (Å²) in [5, 5.41) is 3.32. The van der Waals surface area contributed by atoms with Crippen molar-refractivity contribution in [3.8, 4) is 0 Å². The van der Waals surface area contributed by atoms with Crippen molar-refractivity contribution >= 4 is 23.5 Å². The number of urea groups is 1. The van der Waals surface area contributed by atoms with Gasteiger partial charge in [0.2, 0.25) is 5.91 Å². The maximum Gasteiger partial charge on any atom is 0.320 e. The number of carbonyl (C=O) groups is 2. The number of rotatable bonds is 2. The number of hydrogen-bond acceptors (Lipinski definition) is 4. The van der Waals surface area contributed by atoms with E-state index in [-0.39, 0.29) is 36.1 Å². The Balaban J connectivity index is 1.10. The number of nitrogens with one attached hydrogen (secondary N) is 1. The molecule has 1 saturated carbocycles. The fourth-order valence-electron chi connectivity index (χ4n) is 5.41. The van der Waals surface area contributed by atoms with E-state index in [1.54, 1.807) is 0 Å². The van der Waals surface area contributed by atoms with Gasteiger partial charge >= 0.3 is 6.03 Å². The number of carbonyl (C=O) groups excluding carboxylic acids is 2. The van der Waals surface area contributed by atoms with E-state index < -0.39 is 5.82 Å². The van der Waals surface area contributed by atoms with Crippen molar-refractivity contribution in [3.63, 3.8) is 0 Å². The van der Waals surface area contributed by atoms with Crippen LogP contribution in [0.4, 0.5) is 9.18 Å². The maximum atomic E-state index is 13.1. The Morgan fingerprint density at radius 3 is 2.93 bits per heavy atom. The molecule has 0 radical (unpaired) electrons. The highest BCUT2D eigenvalue weighted by molar-refractivity contribution is 6.31. The number of ether oxygens (including phenoxy) is 1. The zero-order valence-electron chi connectivity index (χ0n) is 16.1. The first-order chi connectivity index (χ1) is 13.9. The number of likely N-dealkylation sites (tertiary alicyclic amines) is 2. The Labute approximate surface area is 173 Å². The minimum absolute atomic E-state index is 0.0127. The van der Waals surface area contributed by atoms with Crippen molar-refractivity contribution < 1.29 is 18.7 Å². The van der Waals surface area contributed by atoms with E-state index in [9.17, 15) is 14.0 Å². The molecule has 3 amide bonds. The van der Waals surface area contributed by atoms with Crippen molar-refractivity contribution in [2.24, 2.45) is 11.3 Å². The van der Waals surface area contributed by atoms with Gasteiger partial charge in [-0.2, -0.15) is 0 Å². The van der Waals surface area contributed by atoms with Crippen LogP contribution in [-0.2, 0) is 16.0 Å². The molecule has 0 aromatic carbocycles. The molecular formula is C20H24ClFN4O3. The molecule has 1 N–H and O–H groups in total. The molecular weight excluding hydrogens is 399 g/mol. The lowest BCUT2D eigenvalue weighted by atomic mass is 9.57. The summed E-state index contributed by atoms with van der Waals surface area (Å²) in [6.45, 7) is 2.84. The first-order valence-corrected chi connectivity index (χ1v) is 10.5. The zero-order valence-corrected chi connectivity index (χ0v) is 16.8. The lowest BCUT2D eigenvalue weighted by Crippen LogP contribution is -2.68. The molecule has 4 heterocycles. The van der Waals surface area contributed by atoms with Gasteiger partial charge in [0.1, 0.15) is 12.4 Å². The summed E-state index contributed by atoms with van der Waals surface area (Å²) in [4.78, 5) is 32.3. The van der Waals surface area contributed by atoms with E-state index in [4.69, 9.17) is 16.3 Å². The van der Waals surface area contributed by atoms with Crippen molar-refractivity contribution in [1.29, 1.82) is 0 Å². The van der Waals surface area contributed by atoms with Gasteiger partial charge < -0.3 is 19.9 Å². The third-order valence-corrected chi connectivity index (χ3v) is 7.05. The van der Waals surface area contributed by atoms with E-state index >= 15 is 0 Å². The lowest BCUT2D eigenvalue weighted by molar-refractivity contribution is -0.140. The van der Waals surface area contributed by atoms with Crippen LogP contribution < -0.4 is 5.32 Å². The second-order valence-electron chi connectivity index (χ2n) is 8.96. The van der Waals surface area contributed by atoms with Gasteiger partial charge in [0.25, 0.3) is 0 Å². The minimum Gasteiger partial charge on any atom is -0.366 e. The predicted octanol–water partition coefficient (Wildman–Crippen LogP) is 1.84. The van der Waals surface area contributed by atoms with Crippen LogP contribution in [0.2, 0.25) is 5.02 Å². The highest BCUT2D eigenvalue weighted by Gasteiger charge is 2.54. The maximum absolute atomic E-state index is 13.1.